The van der Waals surface area contributed by atoms with Crippen molar-refractivity contribution in [2.24, 2.45) is 0 Å². The highest BCUT2D eigenvalue weighted by Gasteiger charge is 2.30. The van der Waals surface area contributed by atoms with Crippen molar-refractivity contribution in [3.8, 4) is 16.9 Å². The van der Waals surface area contributed by atoms with Crippen molar-refractivity contribution in [1.29, 1.82) is 0 Å². The standard InChI is InChI=1S/C21H21Cl3N4O3/c1-30-16-6-4-14(5-7-16)17-11-26-28-18(8-9-25-19(17)28)15-3-2-10-27(12-15)20(29)31-13-21(22,23)24/h4-9,11,15H,2-3,10,12-13H2,1H3. The molecular weight excluding hydrogens is 463 g/mol. The Morgan fingerprint density at radius 2 is 2.00 bits per heavy atom. The average molecular weight is 484 g/mol. The minimum atomic E-state index is -1.63. The zero-order chi connectivity index (χ0) is 22.0. The number of aromatic nitrogens is 3. The van der Waals surface area contributed by atoms with Crippen molar-refractivity contribution in [1.82, 2.24) is 19.5 Å². The van der Waals surface area contributed by atoms with Crippen LogP contribution in [0.1, 0.15) is 24.5 Å². The molecule has 3 heterocycles. The Kier molecular flexibility index (Phi) is 6.46. The molecule has 1 aromatic carbocycles. The monoisotopic (exact) mass is 482 g/mol. The number of piperidine rings is 1. The first kappa shape index (κ1) is 22.0. The highest BCUT2D eigenvalue weighted by atomic mass is 35.6. The zero-order valence-corrected chi connectivity index (χ0v) is 19.1. The van der Waals surface area contributed by atoms with Gasteiger partial charge >= 0.3 is 6.09 Å². The Balaban J connectivity index is 1.56. The number of nitrogens with zero attached hydrogens (tertiary/aromatic N) is 4. The molecule has 7 nitrogen and oxygen atoms in total. The number of methoxy groups -OCH3 is 1. The summed E-state index contributed by atoms with van der Waals surface area (Å²) in [5.41, 5.74) is 3.68. The molecule has 31 heavy (non-hydrogen) atoms. The van der Waals surface area contributed by atoms with Crippen molar-refractivity contribution in [3.05, 3.63) is 48.4 Å². The SMILES string of the molecule is COc1ccc(-c2cnn3c(C4CCCN(C(=O)OCC(Cl)(Cl)Cl)C4)ccnc23)cc1. The summed E-state index contributed by atoms with van der Waals surface area (Å²) in [6.45, 7) is 0.802. The molecule has 1 unspecified atom stereocenters. The normalized spacial score (nSPS) is 17.0. The van der Waals surface area contributed by atoms with E-state index in [1.807, 2.05) is 41.0 Å². The van der Waals surface area contributed by atoms with Crippen LogP contribution in [0.15, 0.2) is 42.7 Å². The fourth-order valence-corrected chi connectivity index (χ4v) is 3.98. The Bertz CT molecular complexity index is 1070. The third-order valence-corrected chi connectivity index (χ3v) is 5.62. The quantitative estimate of drug-likeness (QED) is 0.483. The predicted octanol–water partition coefficient (Wildman–Crippen LogP) is 5.09. The van der Waals surface area contributed by atoms with Crippen LogP contribution in [0.25, 0.3) is 16.8 Å². The smallest absolute Gasteiger partial charge is 0.409 e. The molecule has 1 atom stereocenters. The number of rotatable bonds is 4. The fraction of sp³-hybridized carbons (Fsp3) is 0.381. The molecule has 3 aromatic rings. The van der Waals surface area contributed by atoms with E-state index in [1.54, 1.807) is 18.2 Å². The van der Waals surface area contributed by atoms with Crippen molar-refractivity contribution in [2.45, 2.75) is 22.6 Å². The summed E-state index contributed by atoms with van der Waals surface area (Å²) < 4.78 is 10.6. The van der Waals surface area contributed by atoms with Crippen molar-refractivity contribution in [3.63, 3.8) is 0 Å². The van der Waals surface area contributed by atoms with E-state index in [0.29, 0.717) is 13.1 Å². The molecule has 1 aliphatic rings. The van der Waals surface area contributed by atoms with Crippen molar-refractivity contribution < 1.29 is 14.3 Å². The van der Waals surface area contributed by atoms with Gasteiger partial charge in [-0.2, -0.15) is 5.10 Å². The van der Waals surface area contributed by atoms with Crippen LogP contribution in [0.2, 0.25) is 0 Å². The van der Waals surface area contributed by atoms with E-state index in [0.717, 1.165) is 41.1 Å². The molecule has 10 heteroatoms. The lowest BCUT2D eigenvalue weighted by atomic mass is 9.94. The van der Waals surface area contributed by atoms with E-state index in [4.69, 9.17) is 44.3 Å². The van der Waals surface area contributed by atoms with Crippen LogP contribution in [0, 0.1) is 0 Å². The van der Waals surface area contributed by atoms with Crippen LogP contribution in [0.5, 0.6) is 5.75 Å². The molecule has 0 aliphatic carbocycles. The summed E-state index contributed by atoms with van der Waals surface area (Å²) in [4.78, 5) is 18.6. The predicted molar refractivity (Wildman–Crippen MR) is 120 cm³/mol. The average Bonchev–Trinajstić information content (AvgIpc) is 3.21. The second-order valence-electron chi connectivity index (χ2n) is 7.35. The third kappa shape index (κ3) is 5.00. The molecule has 1 amide bonds. The molecule has 2 aromatic heterocycles. The van der Waals surface area contributed by atoms with Gasteiger partial charge in [-0.05, 0) is 36.6 Å². The summed E-state index contributed by atoms with van der Waals surface area (Å²) in [6, 6.07) is 9.72. The Labute approximate surface area is 194 Å². The summed E-state index contributed by atoms with van der Waals surface area (Å²) in [5.74, 6) is 0.876. The van der Waals surface area contributed by atoms with Gasteiger partial charge in [0.25, 0.3) is 0 Å². The largest absolute Gasteiger partial charge is 0.497 e. The molecule has 0 N–H and O–H groups in total. The summed E-state index contributed by atoms with van der Waals surface area (Å²) in [7, 11) is 1.64. The van der Waals surface area contributed by atoms with Crippen LogP contribution in [-0.4, -0.2) is 56.2 Å². The van der Waals surface area contributed by atoms with Gasteiger partial charge in [-0.3, -0.25) is 0 Å². The van der Waals surface area contributed by atoms with E-state index in [9.17, 15) is 4.79 Å². The lowest BCUT2D eigenvalue weighted by molar-refractivity contribution is 0.0925. The molecule has 0 spiro atoms. The summed E-state index contributed by atoms with van der Waals surface area (Å²) in [5, 5.41) is 4.59. The molecular formula is C21H21Cl3N4O3. The number of carbonyl (C=O) groups excluding carboxylic acids is 1. The topological polar surface area (TPSA) is 69.0 Å². The van der Waals surface area contributed by atoms with E-state index >= 15 is 0 Å². The number of benzene rings is 1. The maximum Gasteiger partial charge on any atom is 0.409 e. The number of hydrogen-bond donors (Lipinski definition) is 0. The molecule has 1 saturated heterocycles. The van der Waals surface area contributed by atoms with Crippen molar-refractivity contribution >= 4 is 46.5 Å². The van der Waals surface area contributed by atoms with E-state index < -0.39 is 9.89 Å². The second kappa shape index (κ2) is 9.10. The first-order valence-corrected chi connectivity index (χ1v) is 10.9. The van der Waals surface area contributed by atoms with Gasteiger partial charge in [0.05, 0.1) is 19.0 Å². The van der Waals surface area contributed by atoms with Crippen LogP contribution < -0.4 is 4.74 Å². The zero-order valence-electron chi connectivity index (χ0n) is 16.8. The van der Waals surface area contributed by atoms with Gasteiger partial charge in [0.2, 0.25) is 3.79 Å². The molecule has 164 valence electrons. The summed E-state index contributed by atoms with van der Waals surface area (Å²) in [6.07, 6.45) is 4.86. The van der Waals surface area contributed by atoms with E-state index in [-0.39, 0.29) is 12.5 Å². The highest BCUT2D eigenvalue weighted by Crippen LogP contribution is 2.31. The molecule has 0 saturated carbocycles. The lowest BCUT2D eigenvalue weighted by Crippen LogP contribution is -2.40. The molecule has 4 rings (SSSR count). The fourth-order valence-electron chi connectivity index (χ4n) is 3.81. The Hall–Kier alpha value is -2.22. The number of halogens is 3. The molecule has 1 aliphatic heterocycles. The second-order valence-corrected chi connectivity index (χ2v) is 9.86. The minimum Gasteiger partial charge on any atom is -0.497 e. The van der Waals surface area contributed by atoms with Gasteiger partial charge in [-0.25, -0.2) is 14.3 Å². The Morgan fingerprint density at radius 1 is 1.23 bits per heavy atom. The first-order chi connectivity index (χ1) is 14.9. The lowest BCUT2D eigenvalue weighted by Gasteiger charge is -2.32. The minimum absolute atomic E-state index is 0.0863. The highest BCUT2D eigenvalue weighted by molar-refractivity contribution is 6.67. The van der Waals surface area contributed by atoms with Gasteiger partial charge in [0.1, 0.15) is 12.4 Å². The number of fused-ring (bicyclic) bond motifs is 1. The number of ether oxygens (including phenoxy) is 2. The number of likely N-dealkylation sites (tertiary alicyclic amines) is 1. The maximum absolute atomic E-state index is 12.4. The number of amides is 1. The van der Waals surface area contributed by atoms with Crippen LogP contribution >= 0.6 is 34.8 Å². The van der Waals surface area contributed by atoms with Gasteiger partial charge in [0, 0.05) is 30.8 Å². The van der Waals surface area contributed by atoms with Gasteiger partial charge in [0.15, 0.2) is 5.65 Å². The number of carbonyl (C=O) groups is 1. The van der Waals surface area contributed by atoms with E-state index in [1.165, 1.54) is 0 Å². The van der Waals surface area contributed by atoms with Gasteiger partial charge in [-0.1, -0.05) is 46.9 Å². The number of hydrogen-bond acceptors (Lipinski definition) is 5. The maximum atomic E-state index is 12.4. The number of alkyl halides is 3. The van der Waals surface area contributed by atoms with Crippen LogP contribution in [-0.2, 0) is 4.74 Å². The first-order valence-electron chi connectivity index (χ1n) is 9.81. The third-order valence-electron chi connectivity index (χ3n) is 5.29. The van der Waals surface area contributed by atoms with E-state index in [2.05, 4.69) is 10.1 Å². The van der Waals surface area contributed by atoms with Crippen molar-refractivity contribution in [2.75, 3.05) is 26.8 Å². The molecule has 1 fully saturated rings. The van der Waals surface area contributed by atoms with Crippen LogP contribution in [0.4, 0.5) is 4.79 Å². The molecule has 0 bridgehead atoms. The van der Waals surface area contributed by atoms with Gasteiger partial charge in [-0.15, -0.1) is 0 Å². The Morgan fingerprint density at radius 3 is 2.71 bits per heavy atom. The van der Waals surface area contributed by atoms with Crippen LogP contribution in [0.3, 0.4) is 0 Å². The molecule has 0 radical (unpaired) electrons. The van der Waals surface area contributed by atoms with Gasteiger partial charge < -0.3 is 14.4 Å². The summed E-state index contributed by atoms with van der Waals surface area (Å²) >= 11 is 17.1.